The van der Waals surface area contributed by atoms with Gasteiger partial charge in [-0.15, -0.1) is 0 Å². The van der Waals surface area contributed by atoms with Crippen molar-refractivity contribution in [2.24, 2.45) is 29.6 Å². The molecule has 3 unspecified atom stereocenters. The molecule has 252 valence electrons. The molecule has 3 heterocycles. The summed E-state index contributed by atoms with van der Waals surface area (Å²) in [6.45, 7) is 12.4. The Balaban J connectivity index is 0.000000343. The molecule has 4 amide bonds. The second-order valence-electron chi connectivity index (χ2n) is 12.1. The first-order valence-corrected chi connectivity index (χ1v) is 15.2. The zero-order valence-corrected chi connectivity index (χ0v) is 27.1. The molecule has 15 heteroatoms. The topological polar surface area (TPSA) is 156 Å². The van der Waals surface area contributed by atoms with Crippen LogP contribution in [0.25, 0.3) is 0 Å². The van der Waals surface area contributed by atoms with Gasteiger partial charge in [-0.05, 0) is 54.0 Å². The number of anilines is 1. The Morgan fingerprint density at radius 1 is 1.22 bits per heavy atom. The number of aromatic hydroxyl groups is 1. The standard InChI is InChI=1S/C13H19ClF2N2O2.C7H10N2O.C6H5FN2O2.C4H10/c1-8-3-2-4-9-6-18(7-10(8)9)11(19)5-17-12(20)13(14,15)16;1-6-2-7(3-8)9(4-6)5-10;7-4-1-5(11)6(8-2-4)9-3-10;1-4(2)3/h8-10H,2-7H2,1H3,(H,17,20);5-7H,2,4H2,1H3;1-3,11H,(H,8,9,10);4H,1-3H3/t8-,9?,10?;6?,7-;;/m10../s1. The molecule has 3 N–H and O–H groups in total. The first kappa shape index (κ1) is 39.4. The van der Waals surface area contributed by atoms with Crippen LogP contribution >= 0.6 is 11.6 Å². The van der Waals surface area contributed by atoms with Crippen LogP contribution < -0.4 is 10.6 Å². The number of carbonyl (C=O) groups is 4. The molecule has 4 rings (SSSR count). The number of amides is 4. The van der Waals surface area contributed by atoms with Gasteiger partial charge in [0.1, 0.15) is 11.9 Å². The molecule has 0 radical (unpaired) electrons. The number of hydrogen-bond acceptors (Lipinski definition) is 7. The van der Waals surface area contributed by atoms with Crippen LogP contribution in [0.5, 0.6) is 5.75 Å². The molecule has 1 aliphatic carbocycles. The maximum Gasteiger partial charge on any atom is 0.399 e. The molecule has 11 nitrogen and oxygen atoms in total. The number of likely N-dealkylation sites (tertiary alicyclic amines) is 2. The maximum atomic E-state index is 12.5. The molecule has 45 heavy (non-hydrogen) atoms. The van der Waals surface area contributed by atoms with E-state index in [1.165, 1.54) is 12.8 Å². The Labute approximate surface area is 267 Å². The van der Waals surface area contributed by atoms with E-state index in [0.717, 1.165) is 44.0 Å². The summed E-state index contributed by atoms with van der Waals surface area (Å²) >= 11 is 4.58. The van der Waals surface area contributed by atoms with Gasteiger partial charge in [0.05, 0.1) is 18.8 Å². The van der Waals surface area contributed by atoms with Crippen molar-refractivity contribution in [2.75, 3.05) is 31.5 Å². The van der Waals surface area contributed by atoms with Gasteiger partial charge in [0, 0.05) is 25.7 Å². The van der Waals surface area contributed by atoms with E-state index in [1.807, 2.05) is 12.2 Å². The van der Waals surface area contributed by atoms with Crippen LogP contribution in [0.2, 0.25) is 0 Å². The van der Waals surface area contributed by atoms with Gasteiger partial charge in [-0.3, -0.25) is 19.2 Å². The number of halogens is 4. The molecule has 0 bridgehead atoms. The van der Waals surface area contributed by atoms with Crippen LogP contribution in [-0.4, -0.2) is 82.1 Å². The van der Waals surface area contributed by atoms with Crippen molar-refractivity contribution in [3.63, 3.8) is 0 Å². The number of pyridine rings is 1. The van der Waals surface area contributed by atoms with Gasteiger partial charge in [-0.1, -0.05) is 47.5 Å². The highest BCUT2D eigenvalue weighted by Crippen LogP contribution is 2.39. The summed E-state index contributed by atoms with van der Waals surface area (Å²) in [6.07, 6.45) is 6.31. The second-order valence-corrected chi connectivity index (χ2v) is 12.6. The Bertz CT molecular complexity index is 1160. The smallest absolute Gasteiger partial charge is 0.399 e. The minimum absolute atomic E-state index is 0.0543. The van der Waals surface area contributed by atoms with Gasteiger partial charge in [0.15, 0.2) is 11.6 Å². The van der Waals surface area contributed by atoms with Gasteiger partial charge in [0.2, 0.25) is 18.7 Å². The van der Waals surface area contributed by atoms with Crippen molar-refractivity contribution >= 4 is 42.1 Å². The Morgan fingerprint density at radius 2 is 1.87 bits per heavy atom. The summed E-state index contributed by atoms with van der Waals surface area (Å²) in [4.78, 5) is 49.7. The number of fused-ring (bicyclic) bond motifs is 1. The van der Waals surface area contributed by atoms with Crippen molar-refractivity contribution in [1.82, 2.24) is 20.1 Å². The molecule has 0 spiro atoms. The van der Waals surface area contributed by atoms with Crippen molar-refractivity contribution in [3.8, 4) is 11.8 Å². The van der Waals surface area contributed by atoms with E-state index in [2.05, 4.69) is 55.7 Å². The summed E-state index contributed by atoms with van der Waals surface area (Å²) in [7, 11) is 0. The second kappa shape index (κ2) is 19.0. The van der Waals surface area contributed by atoms with Gasteiger partial charge in [-0.2, -0.15) is 14.0 Å². The van der Waals surface area contributed by atoms with E-state index in [0.29, 0.717) is 43.2 Å². The molecule has 2 aliphatic heterocycles. The number of nitrogens with zero attached hydrogens (tertiary/aromatic N) is 4. The summed E-state index contributed by atoms with van der Waals surface area (Å²) in [5.41, 5.74) is 0. The van der Waals surface area contributed by atoms with E-state index in [4.69, 9.17) is 10.4 Å². The number of carbonyl (C=O) groups excluding carboxylic acids is 4. The maximum absolute atomic E-state index is 12.5. The predicted octanol–water partition coefficient (Wildman–Crippen LogP) is 4.36. The summed E-state index contributed by atoms with van der Waals surface area (Å²) in [5, 5.41) is 17.4. The van der Waals surface area contributed by atoms with Crippen LogP contribution in [0.4, 0.5) is 19.0 Å². The molecular formula is C30H44ClF3N6O5. The molecule has 1 aromatic heterocycles. The molecular weight excluding hydrogens is 617 g/mol. The largest absolute Gasteiger partial charge is 0.504 e. The number of hydrogen-bond donors (Lipinski definition) is 3. The molecule has 3 fully saturated rings. The van der Waals surface area contributed by atoms with E-state index >= 15 is 0 Å². The van der Waals surface area contributed by atoms with Crippen molar-refractivity contribution in [2.45, 2.75) is 71.7 Å². The van der Waals surface area contributed by atoms with Crippen LogP contribution in [-0.2, 0) is 19.2 Å². The molecule has 2 saturated heterocycles. The van der Waals surface area contributed by atoms with Gasteiger partial charge < -0.3 is 25.5 Å². The third-order valence-corrected chi connectivity index (χ3v) is 7.50. The molecule has 0 aromatic carbocycles. The van der Waals surface area contributed by atoms with Crippen LogP contribution in [0.1, 0.15) is 60.3 Å². The highest BCUT2D eigenvalue weighted by molar-refractivity contribution is 6.32. The van der Waals surface area contributed by atoms with Gasteiger partial charge >= 0.3 is 11.3 Å². The number of nitriles is 1. The average molecular weight is 661 g/mol. The lowest BCUT2D eigenvalue weighted by molar-refractivity contribution is -0.139. The van der Waals surface area contributed by atoms with E-state index in [1.54, 1.807) is 9.80 Å². The van der Waals surface area contributed by atoms with E-state index < -0.39 is 29.4 Å². The molecule has 5 atom stereocenters. The lowest BCUT2D eigenvalue weighted by atomic mass is 9.75. The SMILES string of the molecule is CC(C)C.CC1C[C@@H](C#N)N(C=O)C1.C[C@@H]1CCCC2CN(C(=O)CNC(=O)C(F)(F)Cl)CC21.O=CNc1ncc(F)cc1O. The van der Waals surface area contributed by atoms with Crippen molar-refractivity contribution in [3.05, 3.63) is 18.1 Å². The fraction of sp³-hybridized carbons (Fsp3) is 0.667. The van der Waals surface area contributed by atoms with E-state index in [9.17, 15) is 32.3 Å². The molecule has 1 aromatic rings. The van der Waals surface area contributed by atoms with Crippen LogP contribution in [0.3, 0.4) is 0 Å². The zero-order chi connectivity index (χ0) is 34.3. The van der Waals surface area contributed by atoms with Crippen molar-refractivity contribution in [1.29, 1.82) is 5.26 Å². The molecule has 3 aliphatic rings. The number of alkyl halides is 3. The first-order valence-electron chi connectivity index (χ1n) is 14.8. The van der Waals surface area contributed by atoms with E-state index in [-0.39, 0.29) is 17.8 Å². The van der Waals surface area contributed by atoms with Crippen LogP contribution in [0.15, 0.2) is 12.3 Å². The first-order chi connectivity index (χ1) is 21.0. The third kappa shape index (κ3) is 13.9. The summed E-state index contributed by atoms with van der Waals surface area (Å²) < 4.78 is 37.2. The minimum Gasteiger partial charge on any atom is -0.504 e. The fourth-order valence-electron chi connectivity index (χ4n) is 5.25. The Kier molecular flexibility index (Phi) is 16.7. The fourth-order valence-corrected chi connectivity index (χ4v) is 5.32. The number of rotatable bonds is 6. The highest BCUT2D eigenvalue weighted by Gasteiger charge is 2.41. The number of aromatic nitrogens is 1. The predicted molar refractivity (Wildman–Crippen MR) is 162 cm³/mol. The van der Waals surface area contributed by atoms with Crippen LogP contribution in [0, 0.1) is 46.7 Å². The average Bonchev–Trinajstić information content (AvgIpc) is 3.57. The normalized spacial score (nSPS) is 23.4. The molecule has 1 saturated carbocycles. The summed E-state index contributed by atoms with van der Waals surface area (Å²) in [5.74, 6) is -0.135. The Hall–Kier alpha value is -3.60. The lowest BCUT2D eigenvalue weighted by Gasteiger charge is -2.29. The quantitative estimate of drug-likeness (QED) is 0.302. The highest BCUT2D eigenvalue weighted by atomic mass is 35.5. The van der Waals surface area contributed by atoms with Gasteiger partial charge in [-0.25, -0.2) is 9.37 Å². The summed E-state index contributed by atoms with van der Waals surface area (Å²) in [6, 6.07) is 2.78. The van der Waals surface area contributed by atoms with Gasteiger partial charge in [0.25, 0.3) is 0 Å². The minimum atomic E-state index is -3.96. The van der Waals surface area contributed by atoms with Crippen molar-refractivity contribution < 1.29 is 37.5 Å². The number of nitrogens with one attached hydrogen (secondary N) is 2. The Morgan fingerprint density at radius 3 is 2.36 bits per heavy atom. The monoisotopic (exact) mass is 660 g/mol. The third-order valence-electron chi connectivity index (χ3n) is 7.33. The lowest BCUT2D eigenvalue weighted by Crippen LogP contribution is -2.43. The zero-order valence-electron chi connectivity index (χ0n) is 26.3.